The number of hydrogen-bond acceptors (Lipinski definition) is 7. The third-order valence-electron chi connectivity index (χ3n) is 3.97. The van der Waals surface area contributed by atoms with Gasteiger partial charge in [0.25, 0.3) is 5.69 Å². The van der Waals surface area contributed by atoms with Gasteiger partial charge in [0.05, 0.1) is 15.6 Å². The molecule has 0 bridgehead atoms. The van der Waals surface area contributed by atoms with E-state index in [4.69, 9.17) is 11.6 Å². The molecule has 1 aliphatic rings. The fourth-order valence-corrected chi connectivity index (χ4v) is 3.95. The van der Waals surface area contributed by atoms with Gasteiger partial charge >= 0.3 is 6.18 Å². The number of nitro groups is 1. The summed E-state index contributed by atoms with van der Waals surface area (Å²) in [7, 11) is 0. The van der Waals surface area contributed by atoms with Crippen LogP contribution in [-0.2, 0) is 6.18 Å². The van der Waals surface area contributed by atoms with E-state index in [1.165, 1.54) is 12.1 Å². The molecule has 0 saturated carbocycles. The Morgan fingerprint density at radius 1 is 1.19 bits per heavy atom. The summed E-state index contributed by atoms with van der Waals surface area (Å²) in [5.74, 6) is 0. The number of aryl methyl sites for hydroxylation is 1. The maximum absolute atomic E-state index is 12.6. The molecule has 0 N–H and O–H groups in total. The van der Waals surface area contributed by atoms with Gasteiger partial charge in [0.2, 0.25) is 10.1 Å². The van der Waals surface area contributed by atoms with Gasteiger partial charge in [0, 0.05) is 38.3 Å². The molecule has 140 valence electrons. The molecule has 12 heteroatoms. The van der Waals surface area contributed by atoms with Gasteiger partial charge in [-0.05, 0) is 12.5 Å². The predicted molar refractivity (Wildman–Crippen MR) is 92.2 cm³/mol. The Balaban J connectivity index is 1.73. The highest BCUT2D eigenvalue weighted by Gasteiger charge is 2.36. The first-order chi connectivity index (χ1) is 12.2. The minimum atomic E-state index is -4.50. The Hall–Kier alpha value is -2.14. The molecular formula is C14H13ClF3N5O2S. The molecule has 0 spiro atoms. The average molecular weight is 408 g/mol. The summed E-state index contributed by atoms with van der Waals surface area (Å²) in [6, 6.07) is 2.75. The van der Waals surface area contributed by atoms with Crippen LogP contribution in [0, 0.1) is 17.0 Å². The van der Waals surface area contributed by atoms with Crippen LogP contribution < -0.4 is 9.80 Å². The zero-order valence-electron chi connectivity index (χ0n) is 13.5. The van der Waals surface area contributed by atoms with Crippen molar-refractivity contribution >= 4 is 39.4 Å². The number of nitrogens with zero attached hydrogens (tertiary/aromatic N) is 5. The number of aromatic nitrogens is 2. The normalized spacial score (nSPS) is 15.4. The highest BCUT2D eigenvalue weighted by molar-refractivity contribution is 7.15. The van der Waals surface area contributed by atoms with Crippen LogP contribution in [0.1, 0.15) is 10.6 Å². The average Bonchev–Trinajstić information content (AvgIpc) is 3.05. The molecule has 7 nitrogen and oxygen atoms in total. The summed E-state index contributed by atoms with van der Waals surface area (Å²) in [6.07, 6.45) is -4.50. The predicted octanol–water partition coefficient (Wildman–Crippen LogP) is 3.75. The Morgan fingerprint density at radius 3 is 2.31 bits per heavy atom. The standard InChI is InChI=1S/C14H13ClF3N5O2S/c1-8-6-9(23(24)25)7-10(15)11(8)21-2-4-22(5-3-21)13-20-19-12(26-13)14(16,17)18/h6-7H,2-5H2,1H3. The maximum Gasteiger partial charge on any atom is 0.445 e. The van der Waals surface area contributed by atoms with Crippen molar-refractivity contribution in [1.29, 1.82) is 0 Å². The van der Waals surface area contributed by atoms with Crippen molar-refractivity contribution in [3.05, 3.63) is 37.8 Å². The highest BCUT2D eigenvalue weighted by atomic mass is 35.5. The summed E-state index contributed by atoms with van der Waals surface area (Å²) >= 11 is 6.73. The van der Waals surface area contributed by atoms with Crippen molar-refractivity contribution in [1.82, 2.24) is 10.2 Å². The van der Waals surface area contributed by atoms with Crippen LogP contribution >= 0.6 is 22.9 Å². The quantitative estimate of drug-likeness (QED) is 0.569. The lowest BCUT2D eigenvalue weighted by Gasteiger charge is -2.36. The fraction of sp³-hybridized carbons (Fsp3) is 0.429. The van der Waals surface area contributed by atoms with E-state index < -0.39 is 16.1 Å². The Kier molecular flexibility index (Phi) is 4.93. The van der Waals surface area contributed by atoms with E-state index in [0.29, 0.717) is 48.8 Å². The van der Waals surface area contributed by atoms with Crippen LogP contribution in [0.2, 0.25) is 5.02 Å². The van der Waals surface area contributed by atoms with E-state index >= 15 is 0 Å². The number of non-ortho nitro benzene ring substituents is 1. The molecule has 0 unspecified atom stereocenters. The molecule has 26 heavy (non-hydrogen) atoms. The number of nitro benzene ring substituents is 1. The van der Waals surface area contributed by atoms with Crippen LogP contribution in [0.15, 0.2) is 12.1 Å². The van der Waals surface area contributed by atoms with Crippen molar-refractivity contribution in [2.45, 2.75) is 13.1 Å². The zero-order valence-corrected chi connectivity index (χ0v) is 15.0. The maximum atomic E-state index is 12.6. The summed E-state index contributed by atoms with van der Waals surface area (Å²) in [5.41, 5.74) is 1.29. The summed E-state index contributed by atoms with van der Waals surface area (Å²) < 4.78 is 37.9. The van der Waals surface area contributed by atoms with Crippen molar-refractivity contribution in [3.8, 4) is 0 Å². The molecule has 0 amide bonds. The number of anilines is 2. The highest BCUT2D eigenvalue weighted by Crippen LogP contribution is 2.36. The molecule has 0 atom stereocenters. The molecule has 3 rings (SSSR count). The van der Waals surface area contributed by atoms with Gasteiger partial charge < -0.3 is 9.80 Å². The molecule has 0 aliphatic carbocycles. The molecule has 1 fully saturated rings. The molecule has 0 radical (unpaired) electrons. The van der Waals surface area contributed by atoms with Crippen LogP contribution in [-0.4, -0.2) is 41.3 Å². The van der Waals surface area contributed by atoms with E-state index in [0.717, 1.165) is 0 Å². The molecule has 1 aromatic carbocycles. The van der Waals surface area contributed by atoms with Crippen molar-refractivity contribution in [2.75, 3.05) is 36.0 Å². The van der Waals surface area contributed by atoms with E-state index in [1.807, 2.05) is 4.90 Å². The number of alkyl halides is 3. The zero-order chi connectivity index (χ0) is 19.1. The first kappa shape index (κ1) is 18.6. The SMILES string of the molecule is Cc1cc([N+](=O)[O-])cc(Cl)c1N1CCN(c2nnc(C(F)(F)F)s2)CC1. The van der Waals surface area contributed by atoms with Gasteiger partial charge in [-0.1, -0.05) is 22.9 Å². The molecule has 1 aliphatic heterocycles. The Labute approximate surface area is 155 Å². The second-order valence-corrected chi connectivity index (χ2v) is 7.08. The van der Waals surface area contributed by atoms with Crippen LogP contribution in [0.5, 0.6) is 0 Å². The van der Waals surface area contributed by atoms with Gasteiger partial charge in [-0.2, -0.15) is 13.2 Å². The lowest BCUT2D eigenvalue weighted by atomic mass is 10.1. The van der Waals surface area contributed by atoms with Crippen LogP contribution in [0.25, 0.3) is 0 Å². The lowest BCUT2D eigenvalue weighted by Crippen LogP contribution is -2.46. The third-order valence-corrected chi connectivity index (χ3v) is 5.29. The van der Waals surface area contributed by atoms with Crippen LogP contribution in [0.3, 0.4) is 0 Å². The van der Waals surface area contributed by atoms with Gasteiger partial charge in [-0.3, -0.25) is 10.1 Å². The van der Waals surface area contributed by atoms with E-state index in [1.54, 1.807) is 11.8 Å². The second kappa shape index (κ2) is 6.88. The first-order valence-corrected chi connectivity index (χ1v) is 8.71. The van der Waals surface area contributed by atoms with E-state index in [-0.39, 0.29) is 15.8 Å². The topological polar surface area (TPSA) is 75.4 Å². The van der Waals surface area contributed by atoms with Gasteiger partial charge in [0.15, 0.2) is 0 Å². The minimum Gasteiger partial charge on any atom is -0.367 e. The van der Waals surface area contributed by atoms with Crippen molar-refractivity contribution in [3.63, 3.8) is 0 Å². The Bertz CT molecular complexity index is 813. The van der Waals surface area contributed by atoms with E-state index in [2.05, 4.69) is 10.2 Å². The number of piperazine rings is 1. The lowest BCUT2D eigenvalue weighted by molar-refractivity contribution is -0.384. The van der Waals surface area contributed by atoms with Crippen LogP contribution in [0.4, 0.5) is 29.7 Å². The van der Waals surface area contributed by atoms with Gasteiger partial charge in [-0.25, -0.2) is 0 Å². The summed E-state index contributed by atoms with van der Waals surface area (Å²) in [5, 5.41) is 17.3. The van der Waals surface area contributed by atoms with Gasteiger partial charge in [0.1, 0.15) is 0 Å². The number of benzene rings is 1. The fourth-order valence-electron chi connectivity index (χ4n) is 2.80. The number of hydrogen-bond donors (Lipinski definition) is 0. The van der Waals surface area contributed by atoms with E-state index in [9.17, 15) is 23.3 Å². The second-order valence-electron chi connectivity index (χ2n) is 5.71. The number of rotatable bonds is 3. The molecule has 2 aromatic rings. The minimum absolute atomic E-state index is 0.0802. The monoisotopic (exact) mass is 407 g/mol. The Morgan fingerprint density at radius 2 is 1.81 bits per heavy atom. The van der Waals surface area contributed by atoms with Crippen molar-refractivity contribution < 1.29 is 18.1 Å². The molecular weight excluding hydrogens is 395 g/mol. The van der Waals surface area contributed by atoms with Crippen molar-refractivity contribution in [2.24, 2.45) is 0 Å². The van der Waals surface area contributed by atoms with Gasteiger partial charge in [-0.15, -0.1) is 10.2 Å². The summed E-state index contributed by atoms with van der Waals surface area (Å²) in [6.45, 7) is 3.62. The molecule has 2 heterocycles. The number of halogens is 4. The molecule has 1 aromatic heterocycles. The third kappa shape index (κ3) is 3.68. The smallest absolute Gasteiger partial charge is 0.367 e. The first-order valence-electron chi connectivity index (χ1n) is 7.52. The molecule has 1 saturated heterocycles. The summed E-state index contributed by atoms with van der Waals surface area (Å²) in [4.78, 5) is 14.1. The largest absolute Gasteiger partial charge is 0.445 e.